The Morgan fingerprint density at radius 2 is 2.11 bits per heavy atom. The molecule has 0 saturated heterocycles. The third-order valence-electron chi connectivity index (χ3n) is 4.59. The zero-order chi connectivity index (χ0) is 19.6. The van der Waals surface area contributed by atoms with E-state index in [2.05, 4.69) is 14.7 Å². The molecule has 2 aromatic heterocycles. The van der Waals surface area contributed by atoms with Gasteiger partial charge in [-0.2, -0.15) is 0 Å². The van der Waals surface area contributed by atoms with Gasteiger partial charge in [-0.15, -0.1) is 11.3 Å². The Morgan fingerprint density at radius 3 is 2.86 bits per heavy atom. The van der Waals surface area contributed by atoms with Gasteiger partial charge >= 0.3 is 0 Å². The van der Waals surface area contributed by atoms with Gasteiger partial charge in [0.2, 0.25) is 10.0 Å². The summed E-state index contributed by atoms with van der Waals surface area (Å²) in [6.45, 7) is 1.21. The van der Waals surface area contributed by atoms with Crippen molar-refractivity contribution in [1.29, 1.82) is 0 Å². The van der Waals surface area contributed by atoms with Gasteiger partial charge in [-0.25, -0.2) is 18.1 Å². The molecule has 3 heterocycles. The summed E-state index contributed by atoms with van der Waals surface area (Å²) in [5, 5.41) is 1.91. The van der Waals surface area contributed by atoms with Crippen molar-refractivity contribution < 1.29 is 13.2 Å². The molecule has 1 amide bonds. The minimum atomic E-state index is -3.58. The molecule has 28 heavy (non-hydrogen) atoms. The van der Waals surface area contributed by atoms with Crippen LogP contribution in [0.2, 0.25) is 0 Å². The number of rotatable bonds is 5. The second kappa shape index (κ2) is 7.78. The standard InChI is InChI=1S/C19H18N4O3S2/c24-19(18-12-20-6-7-21-18)23-8-5-14-10-17(4-3-15(14)13-23)28(25,26)22-11-16-2-1-9-27-16/h1-4,6-7,9-10,12,22H,5,8,11,13H2. The van der Waals surface area contributed by atoms with Crippen molar-refractivity contribution >= 4 is 27.3 Å². The van der Waals surface area contributed by atoms with Gasteiger partial charge in [-0.05, 0) is 41.1 Å². The third kappa shape index (κ3) is 3.96. The van der Waals surface area contributed by atoms with Crippen LogP contribution in [0, 0.1) is 0 Å². The molecule has 0 fully saturated rings. The first kappa shape index (κ1) is 18.7. The molecule has 1 aliphatic heterocycles. The molecule has 0 spiro atoms. The summed E-state index contributed by atoms with van der Waals surface area (Å²) < 4.78 is 27.8. The Balaban J connectivity index is 1.48. The molecule has 1 aliphatic rings. The lowest BCUT2D eigenvalue weighted by molar-refractivity contribution is 0.0728. The molecule has 0 bridgehead atoms. The Morgan fingerprint density at radius 1 is 1.21 bits per heavy atom. The number of fused-ring (bicyclic) bond motifs is 1. The summed E-state index contributed by atoms with van der Waals surface area (Å²) in [5.41, 5.74) is 2.20. The molecule has 0 unspecified atom stereocenters. The molecule has 7 nitrogen and oxygen atoms in total. The first-order valence-electron chi connectivity index (χ1n) is 8.72. The number of nitrogens with one attached hydrogen (secondary N) is 1. The second-order valence-electron chi connectivity index (χ2n) is 6.40. The van der Waals surface area contributed by atoms with Crippen molar-refractivity contribution in [2.45, 2.75) is 24.4 Å². The van der Waals surface area contributed by atoms with E-state index in [1.54, 1.807) is 23.1 Å². The smallest absolute Gasteiger partial charge is 0.274 e. The zero-order valence-corrected chi connectivity index (χ0v) is 16.5. The van der Waals surface area contributed by atoms with Crippen LogP contribution in [0.3, 0.4) is 0 Å². The number of aromatic nitrogens is 2. The first-order valence-corrected chi connectivity index (χ1v) is 11.1. The maximum Gasteiger partial charge on any atom is 0.274 e. The van der Waals surface area contributed by atoms with Crippen molar-refractivity contribution in [2.24, 2.45) is 0 Å². The molecule has 1 aromatic carbocycles. The van der Waals surface area contributed by atoms with Crippen LogP contribution in [0.25, 0.3) is 0 Å². The largest absolute Gasteiger partial charge is 0.333 e. The van der Waals surface area contributed by atoms with Gasteiger partial charge < -0.3 is 4.90 Å². The number of hydrogen-bond donors (Lipinski definition) is 1. The van der Waals surface area contributed by atoms with Crippen LogP contribution >= 0.6 is 11.3 Å². The highest BCUT2D eigenvalue weighted by molar-refractivity contribution is 7.89. The van der Waals surface area contributed by atoms with Crippen LogP contribution in [0.4, 0.5) is 0 Å². The third-order valence-corrected chi connectivity index (χ3v) is 6.86. The van der Waals surface area contributed by atoms with Crippen molar-refractivity contribution in [3.05, 3.63) is 76.0 Å². The number of thiophene rings is 1. The van der Waals surface area contributed by atoms with Gasteiger partial charge in [0.15, 0.2) is 0 Å². The van der Waals surface area contributed by atoms with Crippen molar-refractivity contribution in [3.8, 4) is 0 Å². The van der Waals surface area contributed by atoms with Crippen LogP contribution < -0.4 is 4.72 Å². The number of benzene rings is 1. The fourth-order valence-electron chi connectivity index (χ4n) is 3.10. The zero-order valence-electron chi connectivity index (χ0n) is 14.9. The van der Waals surface area contributed by atoms with E-state index >= 15 is 0 Å². The summed E-state index contributed by atoms with van der Waals surface area (Å²) in [6.07, 6.45) is 5.06. The number of nitrogens with zero attached hydrogens (tertiary/aromatic N) is 3. The predicted molar refractivity (Wildman–Crippen MR) is 105 cm³/mol. The van der Waals surface area contributed by atoms with Gasteiger partial charge in [0.1, 0.15) is 5.69 Å². The van der Waals surface area contributed by atoms with Gasteiger partial charge in [0.05, 0.1) is 11.1 Å². The number of amides is 1. The SMILES string of the molecule is O=C(c1cnccn1)N1CCc2cc(S(=O)(=O)NCc3cccs3)ccc2C1. The first-order chi connectivity index (χ1) is 13.5. The molecule has 9 heteroatoms. The minimum absolute atomic E-state index is 0.173. The van der Waals surface area contributed by atoms with Gasteiger partial charge in [-0.3, -0.25) is 9.78 Å². The Hall–Kier alpha value is -2.62. The summed E-state index contributed by atoms with van der Waals surface area (Å²) in [4.78, 5) is 23.5. The van der Waals surface area contributed by atoms with Gasteiger partial charge in [0, 0.05) is 36.9 Å². The molecular weight excluding hydrogens is 396 g/mol. The molecule has 0 saturated carbocycles. The number of sulfonamides is 1. The highest BCUT2D eigenvalue weighted by atomic mass is 32.2. The molecule has 0 atom stereocenters. The van der Waals surface area contributed by atoms with Crippen molar-refractivity contribution in [1.82, 2.24) is 19.6 Å². The van der Waals surface area contributed by atoms with Crippen LogP contribution in [0.1, 0.15) is 26.5 Å². The molecule has 0 radical (unpaired) electrons. The molecule has 1 N–H and O–H groups in total. The maximum atomic E-state index is 12.6. The number of carbonyl (C=O) groups is 1. The lowest BCUT2D eigenvalue weighted by atomic mass is 9.99. The highest BCUT2D eigenvalue weighted by Crippen LogP contribution is 2.23. The van der Waals surface area contributed by atoms with E-state index in [0.717, 1.165) is 16.0 Å². The summed E-state index contributed by atoms with van der Waals surface area (Å²) in [7, 11) is -3.58. The average molecular weight is 415 g/mol. The average Bonchev–Trinajstić information content (AvgIpc) is 3.25. The van der Waals surface area contributed by atoms with Crippen LogP contribution in [-0.2, 0) is 29.5 Å². The van der Waals surface area contributed by atoms with Gasteiger partial charge in [0.25, 0.3) is 5.91 Å². The van der Waals surface area contributed by atoms with E-state index in [-0.39, 0.29) is 17.3 Å². The molecule has 3 aromatic rings. The van der Waals surface area contributed by atoms with E-state index in [0.29, 0.717) is 25.2 Å². The van der Waals surface area contributed by atoms with E-state index < -0.39 is 10.0 Å². The molecule has 144 valence electrons. The predicted octanol–water partition coefficient (Wildman–Crippen LogP) is 2.22. The fraction of sp³-hybridized carbons (Fsp3) is 0.211. The Kier molecular flexibility index (Phi) is 5.21. The Labute approximate surface area is 167 Å². The topological polar surface area (TPSA) is 92.3 Å². The fourth-order valence-corrected chi connectivity index (χ4v) is 4.90. The summed E-state index contributed by atoms with van der Waals surface area (Å²) in [6, 6.07) is 8.86. The normalized spacial score (nSPS) is 13.9. The maximum absolute atomic E-state index is 12.6. The molecule has 0 aliphatic carbocycles. The van der Waals surface area contributed by atoms with Crippen LogP contribution in [0.15, 0.2) is 59.2 Å². The summed E-state index contributed by atoms with van der Waals surface area (Å²) in [5.74, 6) is -0.173. The van der Waals surface area contributed by atoms with E-state index in [4.69, 9.17) is 0 Å². The molecule has 4 rings (SSSR count). The quantitative estimate of drug-likeness (QED) is 0.691. The lowest BCUT2D eigenvalue weighted by Crippen LogP contribution is -2.36. The van der Waals surface area contributed by atoms with E-state index in [9.17, 15) is 13.2 Å². The Bertz CT molecular complexity index is 1080. The second-order valence-corrected chi connectivity index (χ2v) is 9.20. The highest BCUT2D eigenvalue weighted by Gasteiger charge is 2.24. The van der Waals surface area contributed by atoms with Crippen molar-refractivity contribution in [3.63, 3.8) is 0 Å². The van der Waals surface area contributed by atoms with Gasteiger partial charge in [-0.1, -0.05) is 12.1 Å². The summed E-state index contributed by atoms with van der Waals surface area (Å²) >= 11 is 1.51. The lowest BCUT2D eigenvalue weighted by Gasteiger charge is -2.28. The van der Waals surface area contributed by atoms with E-state index in [1.807, 2.05) is 17.5 Å². The monoisotopic (exact) mass is 414 g/mol. The van der Waals surface area contributed by atoms with Crippen LogP contribution in [0.5, 0.6) is 0 Å². The minimum Gasteiger partial charge on any atom is -0.333 e. The van der Waals surface area contributed by atoms with Crippen LogP contribution in [-0.4, -0.2) is 35.7 Å². The van der Waals surface area contributed by atoms with Crippen molar-refractivity contribution in [2.75, 3.05) is 6.54 Å². The number of carbonyl (C=O) groups excluding carboxylic acids is 1. The molecular formula is C19H18N4O3S2. The van der Waals surface area contributed by atoms with E-state index in [1.165, 1.54) is 29.9 Å². The number of hydrogen-bond acceptors (Lipinski definition) is 6.